The number of rotatable bonds is 8. The number of halogens is 2. The van der Waals surface area contributed by atoms with Gasteiger partial charge in [-0.15, -0.1) is 0 Å². The Morgan fingerprint density at radius 1 is 1.07 bits per heavy atom. The van der Waals surface area contributed by atoms with Gasteiger partial charge >= 0.3 is 6.09 Å². The molecule has 2 amide bonds. The van der Waals surface area contributed by atoms with Gasteiger partial charge in [0.1, 0.15) is 12.6 Å². The van der Waals surface area contributed by atoms with Crippen molar-refractivity contribution in [3.63, 3.8) is 0 Å². The molecular formula is C35H36BrClN6O3. The normalized spacial score (nSPS) is 20.3. The zero-order valence-electron chi connectivity index (χ0n) is 25.4. The van der Waals surface area contributed by atoms with E-state index >= 15 is 0 Å². The highest BCUT2D eigenvalue weighted by Gasteiger charge is 2.45. The van der Waals surface area contributed by atoms with Crippen molar-refractivity contribution in [1.29, 1.82) is 0 Å². The Balaban J connectivity index is 1.15. The minimum Gasteiger partial charge on any atom is -0.445 e. The van der Waals surface area contributed by atoms with E-state index < -0.39 is 12.1 Å². The zero-order valence-corrected chi connectivity index (χ0v) is 27.8. The van der Waals surface area contributed by atoms with Gasteiger partial charge in [0.15, 0.2) is 0 Å². The summed E-state index contributed by atoms with van der Waals surface area (Å²) in [5.41, 5.74) is 5.34. The topological polar surface area (TPSA) is 92.6 Å². The number of amides is 2. The molecule has 0 spiro atoms. The molecule has 1 saturated carbocycles. The summed E-state index contributed by atoms with van der Waals surface area (Å²) in [4.78, 5) is 40.6. The first-order chi connectivity index (χ1) is 22.4. The number of ether oxygens (including phenoxy) is 1. The number of hydrogen-bond donors (Lipinski definition) is 1. The molecule has 4 aromatic rings. The van der Waals surface area contributed by atoms with Gasteiger partial charge in [-0.2, -0.15) is 0 Å². The van der Waals surface area contributed by atoms with E-state index in [4.69, 9.17) is 21.3 Å². The minimum absolute atomic E-state index is 0.00562. The molecule has 1 saturated heterocycles. The number of carbonyl (C=O) groups excluding carboxylic acids is 2. The van der Waals surface area contributed by atoms with E-state index in [1.807, 2.05) is 61.2 Å². The van der Waals surface area contributed by atoms with Crippen molar-refractivity contribution >= 4 is 39.5 Å². The molecule has 11 heteroatoms. The van der Waals surface area contributed by atoms with Crippen LogP contribution in [0.1, 0.15) is 53.3 Å². The van der Waals surface area contributed by atoms with Crippen molar-refractivity contribution in [1.82, 2.24) is 29.7 Å². The Bertz CT molecular complexity index is 1660. The van der Waals surface area contributed by atoms with E-state index in [1.165, 1.54) is 5.56 Å². The monoisotopic (exact) mass is 702 g/mol. The molecule has 1 N–H and O–H groups in total. The Hall–Kier alpha value is -3.73. The molecule has 46 heavy (non-hydrogen) atoms. The summed E-state index contributed by atoms with van der Waals surface area (Å²) in [6, 6.07) is 16.9. The largest absolute Gasteiger partial charge is 0.445 e. The first kappa shape index (κ1) is 30.9. The summed E-state index contributed by atoms with van der Waals surface area (Å²) in [5.74, 6) is -0.184. The number of pyridine rings is 1. The van der Waals surface area contributed by atoms with E-state index in [1.54, 1.807) is 11.1 Å². The number of imidazole rings is 1. The average molecular weight is 704 g/mol. The number of aryl methyl sites for hydroxylation is 2. The fraction of sp³-hybridized carbons (Fsp3) is 0.371. The maximum Gasteiger partial charge on any atom is 0.410 e. The SMILES string of the molecule is O=C(NCCC1(n2ccnc2)CC1)[C@H]1CN(C2c3ccc(Cl)cc3CCc3cc(Br)cnc32)CCN1C(=O)OCc1ccccc1. The number of benzene rings is 2. The predicted octanol–water partition coefficient (Wildman–Crippen LogP) is 5.90. The molecule has 9 nitrogen and oxygen atoms in total. The molecule has 1 unspecified atom stereocenters. The molecule has 2 aromatic carbocycles. The number of fused-ring (bicyclic) bond motifs is 2. The first-order valence-electron chi connectivity index (χ1n) is 15.8. The fourth-order valence-electron chi connectivity index (χ4n) is 6.92. The van der Waals surface area contributed by atoms with Crippen molar-refractivity contribution in [2.45, 2.75) is 56.3 Å². The molecule has 238 valence electrons. The second kappa shape index (κ2) is 13.2. The maximum atomic E-state index is 14.0. The Labute approximate surface area is 282 Å². The van der Waals surface area contributed by atoms with Gasteiger partial charge in [-0.05, 0) is 88.5 Å². The number of aromatic nitrogens is 3. The van der Waals surface area contributed by atoms with Crippen LogP contribution in [-0.2, 0) is 34.5 Å². The molecule has 3 aliphatic rings. The van der Waals surface area contributed by atoms with E-state index in [9.17, 15) is 9.59 Å². The van der Waals surface area contributed by atoms with Crippen LogP contribution >= 0.6 is 27.5 Å². The van der Waals surface area contributed by atoms with E-state index in [2.05, 4.69) is 47.8 Å². The molecule has 2 aromatic heterocycles. The van der Waals surface area contributed by atoms with Gasteiger partial charge in [0.25, 0.3) is 0 Å². The summed E-state index contributed by atoms with van der Waals surface area (Å²) in [7, 11) is 0. The number of piperazine rings is 1. The van der Waals surface area contributed by atoms with E-state index in [0.717, 1.165) is 59.0 Å². The Morgan fingerprint density at radius 3 is 2.67 bits per heavy atom. The summed E-state index contributed by atoms with van der Waals surface area (Å²) in [5, 5.41) is 3.87. The highest BCUT2D eigenvalue weighted by molar-refractivity contribution is 9.10. The van der Waals surface area contributed by atoms with Gasteiger partial charge in [-0.1, -0.05) is 48.0 Å². The van der Waals surface area contributed by atoms with Crippen molar-refractivity contribution in [2.75, 3.05) is 26.2 Å². The third-order valence-corrected chi connectivity index (χ3v) is 10.2. The highest BCUT2D eigenvalue weighted by Crippen LogP contribution is 2.46. The molecule has 0 radical (unpaired) electrons. The first-order valence-corrected chi connectivity index (χ1v) is 17.0. The number of carbonyl (C=O) groups is 2. The van der Waals surface area contributed by atoms with Crippen LogP contribution in [0.3, 0.4) is 0 Å². The second-order valence-electron chi connectivity index (χ2n) is 12.4. The maximum absolute atomic E-state index is 14.0. The third kappa shape index (κ3) is 6.43. The molecule has 7 rings (SSSR count). The molecule has 2 atom stereocenters. The molecule has 2 aliphatic carbocycles. The van der Waals surface area contributed by atoms with Crippen molar-refractivity contribution in [2.24, 2.45) is 0 Å². The van der Waals surface area contributed by atoms with Gasteiger partial charge in [-0.3, -0.25) is 19.6 Å². The standard InChI is InChI=1S/C35H36BrClN6O3/c36-27-18-26-7-6-25-19-28(37)8-9-29(25)32(31(26)40-20-27)41-16-17-43(34(45)46-22-24-4-2-1-3-5-24)30(21-41)33(44)39-13-12-35(10-11-35)42-15-14-38-23-42/h1-5,8-9,14-15,18-20,23,30,32H,6-7,10-13,16-17,21-22H2,(H,39,44)/t30-,32?/m1/s1. The van der Waals surface area contributed by atoms with Crippen LogP contribution in [0.15, 0.2) is 84.0 Å². The zero-order chi connectivity index (χ0) is 31.7. The van der Waals surface area contributed by atoms with Gasteiger partial charge < -0.3 is 14.6 Å². The predicted molar refractivity (Wildman–Crippen MR) is 178 cm³/mol. The van der Waals surface area contributed by atoms with Crippen LogP contribution in [0.2, 0.25) is 5.02 Å². The number of nitrogens with one attached hydrogen (secondary N) is 1. The van der Waals surface area contributed by atoms with Gasteiger partial charge in [0.05, 0.1) is 18.1 Å². The van der Waals surface area contributed by atoms with Crippen LogP contribution < -0.4 is 5.32 Å². The summed E-state index contributed by atoms with van der Waals surface area (Å²) < 4.78 is 8.83. The Morgan fingerprint density at radius 2 is 1.89 bits per heavy atom. The molecule has 3 heterocycles. The lowest BCUT2D eigenvalue weighted by Crippen LogP contribution is -2.61. The lowest BCUT2D eigenvalue weighted by Gasteiger charge is -2.43. The van der Waals surface area contributed by atoms with Crippen LogP contribution in [0.4, 0.5) is 4.79 Å². The van der Waals surface area contributed by atoms with Crippen LogP contribution in [0, 0.1) is 0 Å². The number of hydrogen-bond acceptors (Lipinski definition) is 6. The second-order valence-corrected chi connectivity index (χ2v) is 13.8. The molecule has 1 aliphatic heterocycles. The van der Waals surface area contributed by atoms with Crippen molar-refractivity contribution < 1.29 is 14.3 Å². The minimum atomic E-state index is -0.738. The van der Waals surface area contributed by atoms with E-state index in [0.29, 0.717) is 31.2 Å². The van der Waals surface area contributed by atoms with Crippen LogP contribution in [0.25, 0.3) is 0 Å². The fourth-order valence-corrected chi connectivity index (χ4v) is 7.50. The average Bonchev–Trinajstić information content (AvgIpc) is 3.68. The summed E-state index contributed by atoms with van der Waals surface area (Å²) >= 11 is 10.1. The summed E-state index contributed by atoms with van der Waals surface area (Å²) in [6.45, 7) is 1.88. The van der Waals surface area contributed by atoms with Gasteiger partial charge in [0, 0.05) is 59.8 Å². The molecule has 0 bridgehead atoms. The number of nitrogens with zero attached hydrogens (tertiary/aromatic N) is 5. The highest BCUT2D eigenvalue weighted by atomic mass is 79.9. The molecule has 2 fully saturated rings. The lowest BCUT2D eigenvalue weighted by molar-refractivity contribution is -0.128. The van der Waals surface area contributed by atoms with Gasteiger partial charge in [0.2, 0.25) is 5.91 Å². The molecular weight excluding hydrogens is 668 g/mol. The van der Waals surface area contributed by atoms with Crippen LogP contribution in [0.5, 0.6) is 0 Å². The third-order valence-electron chi connectivity index (χ3n) is 9.58. The quantitative estimate of drug-likeness (QED) is 0.246. The summed E-state index contributed by atoms with van der Waals surface area (Å²) in [6.07, 6.45) is 11.6. The smallest absolute Gasteiger partial charge is 0.410 e. The van der Waals surface area contributed by atoms with Crippen molar-refractivity contribution in [3.8, 4) is 0 Å². The van der Waals surface area contributed by atoms with Gasteiger partial charge in [-0.25, -0.2) is 9.78 Å². The van der Waals surface area contributed by atoms with Crippen molar-refractivity contribution in [3.05, 3.63) is 117 Å². The van der Waals surface area contributed by atoms with E-state index in [-0.39, 0.29) is 24.1 Å². The Kier molecular flexibility index (Phi) is 8.85. The van der Waals surface area contributed by atoms with Crippen LogP contribution in [-0.4, -0.2) is 68.6 Å². The lowest BCUT2D eigenvalue weighted by atomic mass is 9.95.